The number of carbonyl (C=O) groups is 1. The highest BCUT2D eigenvalue weighted by Crippen LogP contribution is 2.44. The number of aliphatic hydroxyl groups excluding tert-OH is 7. The van der Waals surface area contributed by atoms with Crippen LogP contribution in [0.15, 0.2) is 23.8 Å². The molecule has 38 heavy (non-hydrogen) atoms. The van der Waals surface area contributed by atoms with Gasteiger partial charge >= 0.3 is 0 Å². The molecule has 12 atom stereocenters. The van der Waals surface area contributed by atoms with E-state index in [1.165, 1.54) is 18.2 Å². The molecule has 0 bridgehead atoms. The highest BCUT2D eigenvalue weighted by molar-refractivity contribution is 5.92. The summed E-state index contributed by atoms with van der Waals surface area (Å²) in [4.78, 5) is 11.9. The highest BCUT2D eigenvalue weighted by Gasteiger charge is 2.49. The lowest BCUT2D eigenvalue weighted by Crippen LogP contribution is -2.62. The van der Waals surface area contributed by atoms with Crippen molar-refractivity contribution in [2.75, 3.05) is 13.2 Å². The van der Waals surface area contributed by atoms with Crippen LogP contribution >= 0.6 is 0 Å². The lowest BCUT2D eigenvalue weighted by Gasteiger charge is -2.44. The van der Waals surface area contributed by atoms with E-state index in [-0.39, 0.29) is 12.2 Å². The largest absolute Gasteiger partial charge is 0.394 e. The first-order chi connectivity index (χ1) is 17.6. The summed E-state index contributed by atoms with van der Waals surface area (Å²) in [6.07, 6.45) is -11.4. The first-order valence-corrected chi connectivity index (χ1v) is 12.5. The van der Waals surface area contributed by atoms with Crippen LogP contribution in [0.4, 0.5) is 0 Å². The Morgan fingerprint density at radius 1 is 0.974 bits per heavy atom. The Balaban J connectivity index is 1.65. The van der Waals surface area contributed by atoms with Gasteiger partial charge in [-0.1, -0.05) is 19.9 Å². The molecule has 3 aliphatic rings. The quantitative estimate of drug-likeness (QED) is 0.145. The van der Waals surface area contributed by atoms with Crippen LogP contribution in [-0.4, -0.2) is 133 Å². The predicted molar refractivity (Wildman–Crippen MR) is 128 cm³/mol. The van der Waals surface area contributed by atoms with E-state index in [9.17, 15) is 45.6 Å². The minimum Gasteiger partial charge on any atom is -0.394 e. The molecule has 0 saturated carbocycles. The van der Waals surface area contributed by atoms with E-state index in [4.69, 9.17) is 18.9 Å². The monoisotopic (exact) mass is 548 g/mol. The van der Waals surface area contributed by atoms with Crippen molar-refractivity contribution in [1.82, 2.24) is 0 Å². The van der Waals surface area contributed by atoms with E-state index in [0.717, 1.165) is 0 Å². The molecule has 13 heteroatoms. The maximum atomic E-state index is 11.9. The molecule has 0 aromatic heterocycles. The average molecular weight is 549 g/mol. The molecule has 1 aliphatic carbocycles. The van der Waals surface area contributed by atoms with Gasteiger partial charge in [0.15, 0.2) is 18.4 Å². The molecule has 13 nitrogen and oxygen atoms in total. The van der Waals surface area contributed by atoms with E-state index < -0.39 is 91.7 Å². The summed E-state index contributed by atoms with van der Waals surface area (Å²) >= 11 is 0. The van der Waals surface area contributed by atoms with Crippen molar-refractivity contribution in [3.05, 3.63) is 23.8 Å². The lowest BCUT2D eigenvalue weighted by molar-refractivity contribution is -0.333. The minimum absolute atomic E-state index is 0.0851. The normalized spacial score (nSPS) is 44.7. The van der Waals surface area contributed by atoms with Gasteiger partial charge in [0.25, 0.3) is 0 Å². The van der Waals surface area contributed by atoms with Crippen molar-refractivity contribution < 1.29 is 64.6 Å². The Hall–Kier alpha value is -1.33. The minimum atomic E-state index is -1.69. The van der Waals surface area contributed by atoms with E-state index >= 15 is 0 Å². The van der Waals surface area contributed by atoms with Crippen molar-refractivity contribution >= 4 is 5.78 Å². The third kappa shape index (κ3) is 6.19. The topological polar surface area (TPSA) is 216 Å². The van der Waals surface area contributed by atoms with Gasteiger partial charge < -0.3 is 59.8 Å². The van der Waals surface area contributed by atoms with E-state index in [1.54, 1.807) is 27.7 Å². The summed E-state index contributed by atoms with van der Waals surface area (Å²) in [6, 6.07) is 0. The summed E-state index contributed by atoms with van der Waals surface area (Å²) in [5.74, 6) is -0.0851. The number of ketones is 1. The van der Waals surface area contributed by atoms with Gasteiger partial charge in [0, 0.05) is 11.8 Å². The van der Waals surface area contributed by atoms with Crippen LogP contribution in [0, 0.1) is 5.41 Å². The van der Waals surface area contributed by atoms with Gasteiger partial charge in [0.1, 0.15) is 54.4 Å². The number of rotatable bonds is 8. The summed E-state index contributed by atoms with van der Waals surface area (Å²) < 4.78 is 22.0. The number of hydrogen-bond donors (Lipinski definition) is 8. The van der Waals surface area contributed by atoms with Crippen molar-refractivity contribution in [3.63, 3.8) is 0 Å². The van der Waals surface area contributed by atoms with Crippen molar-refractivity contribution in [2.24, 2.45) is 5.41 Å². The van der Waals surface area contributed by atoms with Crippen LogP contribution in [0.5, 0.6) is 0 Å². The molecule has 2 fully saturated rings. The number of hydrogen-bond acceptors (Lipinski definition) is 13. The van der Waals surface area contributed by atoms with E-state index in [0.29, 0.717) is 5.57 Å². The van der Waals surface area contributed by atoms with Gasteiger partial charge in [-0.05, 0) is 31.6 Å². The maximum absolute atomic E-state index is 11.9. The lowest BCUT2D eigenvalue weighted by atomic mass is 9.64. The van der Waals surface area contributed by atoms with Crippen LogP contribution in [0.25, 0.3) is 0 Å². The number of aliphatic hydroxyl groups is 8. The molecule has 0 aromatic rings. The molecule has 2 unspecified atom stereocenters. The highest BCUT2D eigenvalue weighted by atomic mass is 16.7. The fourth-order valence-electron chi connectivity index (χ4n) is 4.96. The van der Waals surface area contributed by atoms with Gasteiger partial charge in [-0.2, -0.15) is 0 Å². The SMILES string of the molecule is CC1=CC(=O)CC(C)(C)C1(O)/C=C/C(C)O[C@@H]1O[C@H](CO[C@@H]2O[C@H](CO)[C@@H](O)[C@H](O)[C@H]2O)[C@@H](O)[C@H](O)[C@H]1O. The molecule has 0 amide bonds. The van der Waals surface area contributed by atoms with Gasteiger partial charge in [0.05, 0.1) is 19.3 Å². The molecule has 8 N–H and O–H groups in total. The summed E-state index contributed by atoms with van der Waals surface area (Å²) in [6.45, 7) is 5.65. The first kappa shape index (κ1) is 31.2. The predicted octanol–water partition coefficient (Wildman–Crippen LogP) is -2.75. The fraction of sp³-hybridized carbons (Fsp3) is 0.800. The first-order valence-electron chi connectivity index (χ1n) is 12.5. The Morgan fingerprint density at radius 3 is 2.11 bits per heavy atom. The molecule has 2 aliphatic heterocycles. The number of carbonyl (C=O) groups excluding carboxylic acids is 1. The molecule has 2 heterocycles. The van der Waals surface area contributed by atoms with Crippen molar-refractivity contribution in [1.29, 1.82) is 0 Å². The third-order valence-electron chi connectivity index (χ3n) is 7.53. The zero-order chi connectivity index (χ0) is 28.6. The second-order valence-electron chi connectivity index (χ2n) is 10.9. The Bertz CT molecular complexity index is 888. The van der Waals surface area contributed by atoms with Gasteiger partial charge in [-0.3, -0.25) is 4.79 Å². The van der Waals surface area contributed by atoms with Crippen LogP contribution in [-0.2, 0) is 23.7 Å². The maximum Gasteiger partial charge on any atom is 0.187 e. The standard InChI is InChI=1S/C25H40O13/c1-11-7-13(27)8-24(3,4)25(11,34)6-5-12(2)36-23-21(33)19(31)17(29)15(38-23)10-35-22-20(32)18(30)16(28)14(9-26)37-22/h5-7,12,14-23,26,28-34H,8-10H2,1-4H3/b6-5+/t12?,14-,15-,16-,17-,18+,19+,20-,21-,22-,23-,25?/m1/s1. The molecule has 218 valence electrons. The number of ether oxygens (including phenoxy) is 4. The number of allylic oxidation sites excluding steroid dienone is 1. The zero-order valence-corrected chi connectivity index (χ0v) is 21.8. The van der Waals surface area contributed by atoms with E-state index in [2.05, 4.69) is 0 Å². The van der Waals surface area contributed by atoms with Crippen LogP contribution < -0.4 is 0 Å². The second kappa shape index (κ2) is 12.0. The average Bonchev–Trinajstić information content (AvgIpc) is 2.85. The molecular formula is C25H40O13. The Labute approximate surface area is 220 Å². The van der Waals surface area contributed by atoms with Gasteiger partial charge in [-0.25, -0.2) is 0 Å². The molecule has 0 spiro atoms. The molecule has 0 radical (unpaired) electrons. The summed E-state index contributed by atoms with van der Waals surface area (Å²) in [5, 5.41) is 81.7. The Kier molecular flexibility index (Phi) is 9.89. The molecule has 0 aromatic carbocycles. The van der Waals surface area contributed by atoms with Crippen LogP contribution in [0.3, 0.4) is 0 Å². The second-order valence-corrected chi connectivity index (χ2v) is 10.9. The molecule has 3 rings (SSSR count). The fourth-order valence-corrected chi connectivity index (χ4v) is 4.96. The van der Waals surface area contributed by atoms with E-state index in [1.807, 2.05) is 0 Å². The Morgan fingerprint density at radius 2 is 1.53 bits per heavy atom. The van der Waals surface area contributed by atoms with Crippen molar-refractivity contribution in [2.45, 2.75) is 107 Å². The summed E-state index contributed by atoms with van der Waals surface area (Å²) in [7, 11) is 0. The van der Waals surface area contributed by atoms with Crippen LogP contribution in [0.1, 0.15) is 34.1 Å². The smallest absolute Gasteiger partial charge is 0.187 e. The third-order valence-corrected chi connectivity index (χ3v) is 7.53. The van der Waals surface area contributed by atoms with Crippen molar-refractivity contribution in [3.8, 4) is 0 Å². The van der Waals surface area contributed by atoms with Crippen LogP contribution in [0.2, 0.25) is 0 Å². The zero-order valence-electron chi connectivity index (χ0n) is 21.8. The van der Waals surface area contributed by atoms with Gasteiger partial charge in [0.2, 0.25) is 0 Å². The summed E-state index contributed by atoms with van der Waals surface area (Å²) in [5.41, 5.74) is -1.74. The molecule has 2 saturated heterocycles. The van der Waals surface area contributed by atoms with Gasteiger partial charge in [-0.15, -0.1) is 0 Å². The molecular weight excluding hydrogens is 508 g/mol.